The molecule has 0 radical (unpaired) electrons. The van der Waals surface area contributed by atoms with E-state index in [1.807, 2.05) is 0 Å². The Morgan fingerprint density at radius 1 is 1.00 bits per heavy atom. The molecule has 1 aromatic carbocycles. The Morgan fingerprint density at radius 3 is 2.55 bits per heavy atom. The van der Waals surface area contributed by atoms with Crippen LogP contribution in [0.5, 0.6) is 0 Å². The molecule has 10 heteroatoms. The Bertz CT molecular complexity index is 1250. The predicted molar refractivity (Wildman–Crippen MR) is 109 cm³/mol. The fraction of sp³-hybridized carbons (Fsp3) is 0.0952. The number of aromatic nitrogens is 4. The molecule has 0 atom stereocenters. The molecule has 0 unspecified atom stereocenters. The third-order valence-electron chi connectivity index (χ3n) is 4.42. The molecule has 0 aliphatic rings. The van der Waals surface area contributed by atoms with Crippen LogP contribution in [0.25, 0.3) is 11.0 Å². The third-order valence-corrected chi connectivity index (χ3v) is 4.60. The highest BCUT2D eigenvalue weighted by atomic mass is 35.5. The highest BCUT2D eigenvalue weighted by molar-refractivity contribution is 6.29. The van der Waals surface area contributed by atoms with E-state index in [0.717, 1.165) is 11.1 Å². The maximum Gasteiger partial charge on any atom is 0.435 e. The van der Waals surface area contributed by atoms with Crippen molar-refractivity contribution in [2.24, 2.45) is 0 Å². The molecule has 0 aliphatic carbocycles. The number of hydrogen-bond donors (Lipinski definition) is 0. The molecule has 0 saturated heterocycles. The van der Waals surface area contributed by atoms with E-state index in [4.69, 9.17) is 11.6 Å². The van der Waals surface area contributed by atoms with Crippen molar-refractivity contribution < 1.29 is 18.0 Å². The van der Waals surface area contributed by atoms with Gasteiger partial charge in [-0.15, -0.1) is 0 Å². The molecule has 4 rings (SSSR count). The standard InChI is InChI=1S/C21H13ClF3N5O/c22-18-11-28-15-6-5-13(9-16(15)29-18)12-30(20(31)14-3-1-7-26-10-14)17-4-2-8-27-19(17)21(23,24)25/h1-11H,12H2. The summed E-state index contributed by atoms with van der Waals surface area (Å²) in [4.78, 5) is 29.9. The van der Waals surface area contributed by atoms with Crippen LogP contribution in [0.1, 0.15) is 21.6 Å². The van der Waals surface area contributed by atoms with Crippen molar-refractivity contribution in [1.82, 2.24) is 19.9 Å². The average molecular weight is 444 g/mol. The lowest BCUT2D eigenvalue weighted by atomic mass is 10.1. The molecule has 0 bridgehead atoms. The van der Waals surface area contributed by atoms with Crippen molar-refractivity contribution >= 4 is 34.2 Å². The second-order valence-corrected chi connectivity index (χ2v) is 6.90. The van der Waals surface area contributed by atoms with Gasteiger partial charge in [-0.3, -0.25) is 14.8 Å². The van der Waals surface area contributed by atoms with Gasteiger partial charge in [0.15, 0.2) is 5.69 Å². The molecule has 3 aromatic heterocycles. The van der Waals surface area contributed by atoms with E-state index in [0.29, 0.717) is 16.6 Å². The third kappa shape index (κ3) is 4.46. The molecule has 1 amide bonds. The Kier molecular flexibility index (Phi) is 5.51. The van der Waals surface area contributed by atoms with Gasteiger partial charge in [-0.25, -0.2) is 9.97 Å². The molecule has 0 N–H and O–H groups in total. The quantitative estimate of drug-likeness (QED) is 0.447. The number of pyridine rings is 2. The van der Waals surface area contributed by atoms with E-state index >= 15 is 0 Å². The number of carbonyl (C=O) groups is 1. The van der Waals surface area contributed by atoms with Gasteiger partial charge in [0, 0.05) is 18.6 Å². The van der Waals surface area contributed by atoms with Gasteiger partial charge in [0.2, 0.25) is 0 Å². The highest BCUT2D eigenvalue weighted by Gasteiger charge is 2.38. The van der Waals surface area contributed by atoms with Gasteiger partial charge in [-0.1, -0.05) is 17.7 Å². The smallest absolute Gasteiger partial charge is 0.302 e. The van der Waals surface area contributed by atoms with Gasteiger partial charge in [0.05, 0.1) is 35.0 Å². The maximum absolute atomic E-state index is 13.6. The average Bonchev–Trinajstić information content (AvgIpc) is 2.77. The molecule has 0 fully saturated rings. The number of rotatable bonds is 4. The lowest BCUT2D eigenvalue weighted by Gasteiger charge is -2.25. The first-order valence-electron chi connectivity index (χ1n) is 8.98. The van der Waals surface area contributed by atoms with Crippen LogP contribution in [0.15, 0.2) is 67.3 Å². The minimum atomic E-state index is -4.74. The first-order chi connectivity index (χ1) is 14.8. The van der Waals surface area contributed by atoms with Crippen LogP contribution in [0, 0.1) is 0 Å². The van der Waals surface area contributed by atoms with E-state index in [2.05, 4.69) is 19.9 Å². The lowest BCUT2D eigenvalue weighted by molar-refractivity contribution is -0.140. The van der Waals surface area contributed by atoms with Crippen LogP contribution in [-0.2, 0) is 12.7 Å². The Hall–Kier alpha value is -3.59. The Morgan fingerprint density at radius 2 is 1.81 bits per heavy atom. The fourth-order valence-electron chi connectivity index (χ4n) is 3.06. The minimum absolute atomic E-state index is 0.142. The highest BCUT2D eigenvalue weighted by Crippen LogP contribution is 2.36. The van der Waals surface area contributed by atoms with Crippen molar-refractivity contribution in [3.8, 4) is 0 Å². The molecule has 3 heterocycles. The van der Waals surface area contributed by atoms with Gasteiger partial charge in [-0.05, 0) is 42.0 Å². The van der Waals surface area contributed by atoms with Crippen LogP contribution in [0.2, 0.25) is 5.15 Å². The van der Waals surface area contributed by atoms with E-state index in [9.17, 15) is 18.0 Å². The zero-order valence-corrected chi connectivity index (χ0v) is 16.5. The van der Waals surface area contributed by atoms with E-state index in [-0.39, 0.29) is 22.9 Å². The van der Waals surface area contributed by atoms with Gasteiger partial charge in [0.25, 0.3) is 5.91 Å². The number of halogens is 4. The molecular formula is C21H13ClF3N5O. The van der Waals surface area contributed by atoms with Gasteiger partial charge >= 0.3 is 6.18 Å². The van der Waals surface area contributed by atoms with Crippen molar-refractivity contribution in [3.63, 3.8) is 0 Å². The fourth-order valence-corrected chi connectivity index (χ4v) is 3.20. The van der Waals surface area contributed by atoms with Crippen LogP contribution in [0.4, 0.5) is 18.9 Å². The van der Waals surface area contributed by atoms with Crippen LogP contribution in [-0.4, -0.2) is 25.8 Å². The maximum atomic E-state index is 13.6. The molecular weight excluding hydrogens is 431 g/mol. The molecule has 31 heavy (non-hydrogen) atoms. The Balaban J connectivity index is 1.81. The van der Waals surface area contributed by atoms with Crippen molar-refractivity contribution in [2.75, 3.05) is 4.90 Å². The van der Waals surface area contributed by atoms with Gasteiger partial charge < -0.3 is 4.90 Å². The van der Waals surface area contributed by atoms with Gasteiger partial charge in [0.1, 0.15) is 5.15 Å². The summed E-state index contributed by atoms with van der Waals surface area (Å²) in [5, 5.41) is 0.180. The zero-order valence-electron chi connectivity index (χ0n) is 15.7. The summed E-state index contributed by atoms with van der Waals surface area (Å²) in [7, 11) is 0. The second-order valence-electron chi connectivity index (χ2n) is 6.52. The number of amides is 1. The normalized spacial score (nSPS) is 11.5. The van der Waals surface area contributed by atoms with Crippen molar-refractivity contribution in [1.29, 1.82) is 0 Å². The summed E-state index contributed by atoms with van der Waals surface area (Å²) in [5.74, 6) is -0.649. The molecule has 0 spiro atoms. The number of nitrogens with zero attached hydrogens (tertiary/aromatic N) is 5. The zero-order chi connectivity index (χ0) is 22.0. The first kappa shape index (κ1) is 20.7. The van der Waals surface area contributed by atoms with E-state index < -0.39 is 17.8 Å². The SMILES string of the molecule is O=C(c1cccnc1)N(Cc1ccc2ncc(Cl)nc2c1)c1cccnc1C(F)(F)F. The molecule has 0 saturated carbocycles. The molecule has 156 valence electrons. The number of hydrogen-bond acceptors (Lipinski definition) is 5. The molecule has 6 nitrogen and oxygen atoms in total. The number of fused-ring (bicyclic) bond motifs is 1. The van der Waals surface area contributed by atoms with Crippen molar-refractivity contribution in [2.45, 2.75) is 12.7 Å². The van der Waals surface area contributed by atoms with Crippen molar-refractivity contribution in [3.05, 3.63) is 89.2 Å². The lowest BCUT2D eigenvalue weighted by Crippen LogP contribution is -2.32. The topological polar surface area (TPSA) is 71.9 Å². The summed E-state index contributed by atoms with van der Waals surface area (Å²) in [6.45, 7) is -0.160. The molecule has 4 aromatic rings. The number of alkyl halides is 3. The summed E-state index contributed by atoms with van der Waals surface area (Å²) >= 11 is 5.90. The van der Waals surface area contributed by atoms with E-state index in [1.54, 1.807) is 18.2 Å². The summed E-state index contributed by atoms with van der Waals surface area (Å²) < 4.78 is 40.9. The monoisotopic (exact) mass is 443 g/mol. The number of carbonyl (C=O) groups excluding carboxylic acids is 1. The van der Waals surface area contributed by atoms with Crippen LogP contribution >= 0.6 is 11.6 Å². The van der Waals surface area contributed by atoms with Crippen LogP contribution in [0.3, 0.4) is 0 Å². The minimum Gasteiger partial charge on any atom is -0.302 e. The second kappa shape index (κ2) is 8.27. The number of benzene rings is 1. The largest absolute Gasteiger partial charge is 0.435 e. The summed E-state index contributed by atoms with van der Waals surface area (Å²) in [6, 6.07) is 10.5. The summed E-state index contributed by atoms with van der Waals surface area (Å²) in [6.07, 6.45) is 0.453. The predicted octanol–water partition coefficient (Wildman–Crippen LogP) is 4.94. The molecule has 0 aliphatic heterocycles. The van der Waals surface area contributed by atoms with E-state index in [1.165, 1.54) is 42.9 Å². The summed E-state index contributed by atoms with van der Waals surface area (Å²) in [5.41, 5.74) is 0.190. The first-order valence-corrected chi connectivity index (χ1v) is 9.36. The van der Waals surface area contributed by atoms with Crippen LogP contribution < -0.4 is 4.90 Å². The van der Waals surface area contributed by atoms with Gasteiger partial charge in [-0.2, -0.15) is 13.2 Å². The number of anilines is 1. The Labute approximate surface area is 179 Å².